The minimum absolute atomic E-state index is 0.0680. The van der Waals surface area contributed by atoms with Crippen LogP contribution in [0.1, 0.15) is 26.2 Å². The lowest BCUT2D eigenvalue weighted by Gasteiger charge is -2.34. The fraction of sp³-hybridized carbons (Fsp3) is 0.750. The molecule has 3 nitrogen and oxygen atoms in total. The number of allylic oxidation sites excluding steroid dienone is 1. The zero-order valence-corrected chi connectivity index (χ0v) is 9.27. The molecule has 0 aliphatic heterocycles. The number of fused-ring (bicyclic) bond motifs is 1. The van der Waals surface area contributed by atoms with Crippen LogP contribution in [0.2, 0.25) is 0 Å². The molecule has 0 unspecified atom stereocenters. The van der Waals surface area contributed by atoms with Gasteiger partial charge in [0.2, 0.25) is 0 Å². The molecular weight excluding hydrogens is 192 g/mol. The fourth-order valence-corrected chi connectivity index (χ4v) is 2.96. The molecule has 1 saturated carbocycles. The van der Waals surface area contributed by atoms with Crippen molar-refractivity contribution in [3.8, 4) is 0 Å². The second kappa shape index (κ2) is 3.97. The van der Waals surface area contributed by atoms with Crippen molar-refractivity contribution >= 4 is 5.97 Å². The van der Waals surface area contributed by atoms with Gasteiger partial charge in [-0.2, -0.15) is 0 Å². The number of carbonyl (C=O) groups is 1. The summed E-state index contributed by atoms with van der Waals surface area (Å²) < 4.78 is 4.79. The average Bonchev–Trinajstić information content (AvgIpc) is 2.66. The number of rotatable bonds is 1. The van der Waals surface area contributed by atoms with Crippen LogP contribution in [-0.2, 0) is 9.53 Å². The number of hydrogen-bond donors (Lipinski definition) is 1. The van der Waals surface area contributed by atoms with Crippen LogP contribution in [-0.4, -0.2) is 24.3 Å². The van der Waals surface area contributed by atoms with Crippen molar-refractivity contribution in [2.24, 2.45) is 17.8 Å². The van der Waals surface area contributed by atoms with Gasteiger partial charge in [0.05, 0.1) is 19.1 Å². The summed E-state index contributed by atoms with van der Waals surface area (Å²) in [4.78, 5) is 11.7. The second-order valence-corrected chi connectivity index (χ2v) is 4.64. The molecule has 2 rings (SSSR count). The number of ether oxygens (including phenoxy) is 1. The second-order valence-electron chi connectivity index (χ2n) is 4.64. The first-order valence-electron chi connectivity index (χ1n) is 5.61. The molecule has 0 aromatic heterocycles. The number of aliphatic hydroxyl groups excluding tert-OH is 1. The van der Waals surface area contributed by atoms with Gasteiger partial charge in [0.1, 0.15) is 0 Å². The summed E-state index contributed by atoms with van der Waals surface area (Å²) in [7, 11) is 1.40. The highest BCUT2D eigenvalue weighted by Gasteiger charge is 2.44. The molecule has 0 saturated heterocycles. The molecule has 1 fully saturated rings. The molecule has 0 spiro atoms. The van der Waals surface area contributed by atoms with E-state index >= 15 is 0 Å². The maximum absolute atomic E-state index is 11.7. The van der Waals surface area contributed by atoms with Crippen LogP contribution in [0.15, 0.2) is 11.6 Å². The van der Waals surface area contributed by atoms with Gasteiger partial charge in [-0.1, -0.05) is 18.6 Å². The van der Waals surface area contributed by atoms with E-state index in [-0.39, 0.29) is 23.7 Å². The standard InChI is InChI=1S/C12H18O3/c1-7-6-8-4-3-5-9(8)10(11(7)13)12(14)15-2/h6-7,9-11,13H,3-5H2,1-2H3/t7-,9+,10-,11-/m1/s1. The SMILES string of the molecule is COC(=O)[C@H]1[C@H](O)[C@H](C)C=C2CCC[C@@H]21. The third-order valence-electron chi connectivity index (χ3n) is 3.75. The zero-order valence-electron chi connectivity index (χ0n) is 9.27. The highest BCUT2D eigenvalue weighted by molar-refractivity contribution is 5.74. The van der Waals surface area contributed by atoms with E-state index in [4.69, 9.17) is 4.74 Å². The van der Waals surface area contributed by atoms with Crippen LogP contribution < -0.4 is 0 Å². The summed E-state index contributed by atoms with van der Waals surface area (Å²) in [6.07, 6.45) is 4.78. The van der Waals surface area contributed by atoms with E-state index in [0.29, 0.717) is 0 Å². The smallest absolute Gasteiger partial charge is 0.311 e. The molecule has 15 heavy (non-hydrogen) atoms. The van der Waals surface area contributed by atoms with Crippen LogP contribution in [0.3, 0.4) is 0 Å². The summed E-state index contributed by atoms with van der Waals surface area (Å²) in [5.74, 6) is -0.304. The van der Waals surface area contributed by atoms with Gasteiger partial charge in [0.25, 0.3) is 0 Å². The van der Waals surface area contributed by atoms with E-state index in [2.05, 4.69) is 6.08 Å². The first-order valence-corrected chi connectivity index (χ1v) is 5.61. The minimum atomic E-state index is -0.579. The van der Waals surface area contributed by atoms with Gasteiger partial charge >= 0.3 is 5.97 Å². The molecule has 3 heteroatoms. The third kappa shape index (κ3) is 1.69. The molecule has 0 aromatic carbocycles. The van der Waals surface area contributed by atoms with Crippen LogP contribution >= 0.6 is 0 Å². The van der Waals surface area contributed by atoms with Gasteiger partial charge < -0.3 is 9.84 Å². The highest BCUT2D eigenvalue weighted by Crippen LogP contribution is 2.44. The van der Waals surface area contributed by atoms with Crippen LogP contribution in [0.25, 0.3) is 0 Å². The predicted molar refractivity (Wildman–Crippen MR) is 56.1 cm³/mol. The Kier molecular flexibility index (Phi) is 2.83. The molecule has 0 bridgehead atoms. The van der Waals surface area contributed by atoms with Crippen molar-refractivity contribution in [1.29, 1.82) is 0 Å². The Morgan fingerprint density at radius 3 is 3.00 bits per heavy atom. The van der Waals surface area contributed by atoms with Crippen LogP contribution in [0, 0.1) is 17.8 Å². The molecule has 0 amide bonds. The van der Waals surface area contributed by atoms with E-state index in [0.717, 1.165) is 19.3 Å². The average molecular weight is 210 g/mol. The van der Waals surface area contributed by atoms with Crippen molar-refractivity contribution in [3.63, 3.8) is 0 Å². The Balaban J connectivity index is 2.28. The lowest BCUT2D eigenvalue weighted by atomic mass is 9.74. The van der Waals surface area contributed by atoms with Gasteiger partial charge in [0.15, 0.2) is 0 Å². The van der Waals surface area contributed by atoms with Gasteiger partial charge in [-0.05, 0) is 25.2 Å². The van der Waals surface area contributed by atoms with Crippen molar-refractivity contribution in [3.05, 3.63) is 11.6 Å². The summed E-state index contributed by atoms with van der Waals surface area (Å²) in [6, 6.07) is 0. The van der Waals surface area contributed by atoms with E-state index in [9.17, 15) is 9.90 Å². The molecule has 0 aromatic rings. The molecule has 1 N–H and O–H groups in total. The number of carbonyl (C=O) groups excluding carboxylic acids is 1. The van der Waals surface area contributed by atoms with Crippen LogP contribution in [0.4, 0.5) is 0 Å². The van der Waals surface area contributed by atoms with Gasteiger partial charge in [0, 0.05) is 5.92 Å². The predicted octanol–water partition coefficient (Wildman–Crippen LogP) is 1.51. The monoisotopic (exact) mass is 210 g/mol. The lowest BCUT2D eigenvalue weighted by Crippen LogP contribution is -2.41. The summed E-state index contributed by atoms with van der Waals surface area (Å²) in [6.45, 7) is 1.96. The summed E-state index contributed by atoms with van der Waals surface area (Å²) >= 11 is 0. The Bertz CT molecular complexity index is 295. The van der Waals surface area contributed by atoms with E-state index in [1.165, 1.54) is 12.7 Å². The largest absolute Gasteiger partial charge is 0.469 e. The topological polar surface area (TPSA) is 46.5 Å². The number of aliphatic hydroxyl groups is 1. The molecule has 0 radical (unpaired) electrons. The van der Waals surface area contributed by atoms with Crippen molar-refractivity contribution in [2.45, 2.75) is 32.3 Å². The summed E-state index contributed by atoms with van der Waals surface area (Å²) in [5.41, 5.74) is 1.35. The maximum Gasteiger partial charge on any atom is 0.311 e. The number of esters is 1. The van der Waals surface area contributed by atoms with Crippen molar-refractivity contribution < 1.29 is 14.6 Å². The van der Waals surface area contributed by atoms with Crippen molar-refractivity contribution in [2.75, 3.05) is 7.11 Å². The molecule has 84 valence electrons. The quantitative estimate of drug-likeness (QED) is 0.527. The Morgan fingerprint density at radius 1 is 1.60 bits per heavy atom. The molecule has 2 aliphatic carbocycles. The van der Waals surface area contributed by atoms with E-state index < -0.39 is 6.10 Å². The fourth-order valence-electron chi connectivity index (χ4n) is 2.96. The molecule has 0 heterocycles. The Hall–Kier alpha value is -0.830. The first kappa shape index (κ1) is 10.7. The van der Waals surface area contributed by atoms with Crippen LogP contribution in [0.5, 0.6) is 0 Å². The van der Waals surface area contributed by atoms with Gasteiger partial charge in [-0.25, -0.2) is 0 Å². The Morgan fingerprint density at radius 2 is 2.33 bits per heavy atom. The van der Waals surface area contributed by atoms with E-state index in [1.54, 1.807) is 0 Å². The normalized spacial score (nSPS) is 39.5. The van der Waals surface area contributed by atoms with Gasteiger partial charge in [-0.15, -0.1) is 0 Å². The first-order chi connectivity index (χ1) is 7.15. The maximum atomic E-state index is 11.7. The lowest BCUT2D eigenvalue weighted by molar-refractivity contribution is -0.153. The third-order valence-corrected chi connectivity index (χ3v) is 3.75. The number of methoxy groups -OCH3 is 1. The van der Waals surface area contributed by atoms with E-state index in [1.807, 2.05) is 6.92 Å². The van der Waals surface area contributed by atoms with Crippen molar-refractivity contribution in [1.82, 2.24) is 0 Å². The minimum Gasteiger partial charge on any atom is -0.469 e. The molecule has 4 atom stereocenters. The molecular formula is C12H18O3. The molecule has 2 aliphatic rings. The summed E-state index contributed by atoms with van der Waals surface area (Å²) in [5, 5.41) is 10.0. The zero-order chi connectivity index (χ0) is 11.0. The highest BCUT2D eigenvalue weighted by atomic mass is 16.5. The Labute approximate surface area is 90.1 Å². The van der Waals surface area contributed by atoms with Gasteiger partial charge in [-0.3, -0.25) is 4.79 Å². The number of hydrogen-bond acceptors (Lipinski definition) is 3.